The molecule has 1 aromatic carbocycles. The van der Waals surface area contributed by atoms with Gasteiger partial charge in [-0.2, -0.15) is 3.96 Å². The molecule has 0 aliphatic rings. The molecule has 0 spiro atoms. The Morgan fingerprint density at radius 2 is 1.72 bits per heavy atom. The lowest BCUT2D eigenvalue weighted by Gasteiger charge is -2.18. The van der Waals surface area contributed by atoms with Crippen LogP contribution in [0.25, 0.3) is 10.2 Å². The van der Waals surface area contributed by atoms with Crippen molar-refractivity contribution in [2.75, 3.05) is 14.2 Å². The average molecular weight is 462 g/mol. The number of carbonyl (C=O) groups is 1. The summed E-state index contributed by atoms with van der Waals surface area (Å²) in [4.78, 5) is 29.6. The van der Waals surface area contributed by atoms with E-state index in [2.05, 4.69) is 24.1 Å². The standard InChI is InChI=1S/C18H19N3O4S.C4H10.C2H6/c1-10-14(24-3)8-12(9-15(10)25-4)11(2)20-18(23)21-17(22)13-6-5-7-19-16(13)26-21;1-3-4-2;1-2/h5-9,11H,1-4H3,(H,20,23);3-4H2,1-2H3;1-2H3/t11-;;/m0../s1. The van der Waals surface area contributed by atoms with Gasteiger partial charge in [0.25, 0.3) is 5.56 Å². The van der Waals surface area contributed by atoms with E-state index in [1.165, 1.54) is 12.8 Å². The summed E-state index contributed by atoms with van der Waals surface area (Å²) in [6.45, 7) is 12.1. The maximum atomic E-state index is 12.6. The van der Waals surface area contributed by atoms with E-state index in [-0.39, 0.29) is 11.6 Å². The highest BCUT2D eigenvalue weighted by atomic mass is 32.1. The molecular weight excluding hydrogens is 426 g/mol. The lowest BCUT2D eigenvalue weighted by molar-refractivity contribution is 0.241. The van der Waals surface area contributed by atoms with Gasteiger partial charge in [0, 0.05) is 11.8 Å². The number of aromatic nitrogens is 2. The minimum absolute atomic E-state index is 0.351. The SMILES string of the molecule is CC.CCCC.COc1cc([C@H](C)NC(=O)n2sc3ncccc3c2=O)cc(OC)c1C. The summed E-state index contributed by atoms with van der Waals surface area (Å²) in [5.41, 5.74) is 1.32. The smallest absolute Gasteiger partial charge is 0.338 e. The van der Waals surface area contributed by atoms with Gasteiger partial charge in [0.2, 0.25) is 0 Å². The zero-order valence-electron chi connectivity index (χ0n) is 20.3. The molecule has 1 amide bonds. The molecule has 7 nitrogen and oxygen atoms in total. The highest BCUT2D eigenvalue weighted by Crippen LogP contribution is 2.32. The van der Waals surface area contributed by atoms with Gasteiger partial charge in [-0.15, -0.1) is 0 Å². The number of hydrogen-bond donors (Lipinski definition) is 1. The maximum absolute atomic E-state index is 12.6. The van der Waals surface area contributed by atoms with Crippen molar-refractivity contribution in [1.29, 1.82) is 0 Å². The van der Waals surface area contributed by atoms with Crippen LogP contribution in [0.2, 0.25) is 0 Å². The molecule has 0 unspecified atom stereocenters. The fourth-order valence-electron chi connectivity index (χ4n) is 2.68. The van der Waals surface area contributed by atoms with Crippen molar-refractivity contribution < 1.29 is 14.3 Å². The van der Waals surface area contributed by atoms with E-state index >= 15 is 0 Å². The number of nitrogens with one attached hydrogen (secondary N) is 1. The van der Waals surface area contributed by atoms with Crippen molar-refractivity contribution in [2.24, 2.45) is 0 Å². The monoisotopic (exact) mass is 461 g/mol. The predicted molar refractivity (Wildman–Crippen MR) is 132 cm³/mol. The number of nitrogens with zero attached hydrogens (tertiary/aromatic N) is 2. The van der Waals surface area contributed by atoms with Crippen LogP contribution in [-0.2, 0) is 0 Å². The second-order valence-electron chi connectivity index (χ2n) is 6.77. The van der Waals surface area contributed by atoms with E-state index in [4.69, 9.17) is 9.47 Å². The summed E-state index contributed by atoms with van der Waals surface area (Å²) < 4.78 is 11.8. The van der Waals surface area contributed by atoms with Crippen LogP contribution in [0.3, 0.4) is 0 Å². The van der Waals surface area contributed by atoms with Gasteiger partial charge in [-0.3, -0.25) is 4.79 Å². The minimum atomic E-state index is -0.496. The van der Waals surface area contributed by atoms with Crippen LogP contribution in [0.4, 0.5) is 4.79 Å². The molecule has 0 saturated heterocycles. The van der Waals surface area contributed by atoms with E-state index in [0.29, 0.717) is 21.7 Å². The number of unbranched alkanes of at least 4 members (excludes halogenated alkanes) is 1. The Hall–Kier alpha value is -2.87. The van der Waals surface area contributed by atoms with Crippen LogP contribution in [0.5, 0.6) is 11.5 Å². The van der Waals surface area contributed by atoms with Gasteiger partial charge in [-0.25, -0.2) is 9.78 Å². The Kier molecular flexibility index (Phi) is 11.5. The molecule has 0 saturated carbocycles. The number of methoxy groups -OCH3 is 2. The molecular formula is C24H35N3O4S. The van der Waals surface area contributed by atoms with Crippen molar-refractivity contribution in [3.05, 3.63) is 51.9 Å². The van der Waals surface area contributed by atoms with Gasteiger partial charge in [0.1, 0.15) is 16.3 Å². The number of rotatable bonds is 5. The molecule has 1 atom stereocenters. The molecule has 0 aliphatic heterocycles. The summed E-state index contributed by atoms with van der Waals surface area (Å²) in [6, 6.07) is 6.17. The fraction of sp³-hybridized carbons (Fsp3) is 0.458. The van der Waals surface area contributed by atoms with Crippen LogP contribution in [0.15, 0.2) is 35.3 Å². The third-order valence-electron chi connectivity index (χ3n) is 4.66. The van der Waals surface area contributed by atoms with Gasteiger partial charge in [0.15, 0.2) is 0 Å². The number of ether oxygens (including phenoxy) is 2. The van der Waals surface area contributed by atoms with Crippen LogP contribution in [-0.4, -0.2) is 29.2 Å². The molecule has 0 fully saturated rings. The molecule has 0 bridgehead atoms. The minimum Gasteiger partial charge on any atom is -0.496 e. The average Bonchev–Trinajstić information content (AvgIpc) is 3.17. The number of benzene rings is 1. The van der Waals surface area contributed by atoms with E-state index in [9.17, 15) is 9.59 Å². The quantitative estimate of drug-likeness (QED) is 0.509. The zero-order chi connectivity index (χ0) is 24.3. The van der Waals surface area contributed by atoms with E-state index in [1.807, 2.05) is 39.8 Å². The lowest BCUT2D eigenvalue weighted by atomic mass is 10.0. The molecule has 0 aliphatic carbocycles. The van der Waals surface area contributed by atoms with Crippen molar-refractivity contribution >= 4 is 27.8 Å². The summed E-state index contributed by atoms with van der Waals surface area (Å²) in [5.74, 6) is 1.34. The largest absolute Gasteiger partial charge is 0.496 e. The van der Waals surface area contributed by atoms with Gasteiger partial charge in [-0.1, -0.05) is 40.5 Å². The summed E-state index contributed by atoms with van der Waals surface area (Å²) in [7, 11) is 3.16. The predicted octanol–water partition coefficient (Wildman–Crippen LogP) is 5.94. The van der Waals surface area contributed by atoms with Crippen LogP contribution in [0, 0.1) is 6.92 Å². The van der Waals surface area contributed by atoms with Crippen LogP contribution in [0.1, 0.15) is 64.6 Å². The maximum Gasteiger partial charge on any atom is 0.338 e. The van der Waals surface area contributed by atoms with Crippen LogP contribution >= 0.6 is 11.5 Å². The molecule has 2 aromatic heterocycles. The fourth-order valence-corrected chi connectivity index (χ4v) is 3.53. The highest BCUT2D eigenvalue weighted by molar-refractivity contribution is 7.14. The van der Waals surface area contributed by atoms with Crippen molar-refractivity contribution in [3.8, 4) is 11.5 Å². The van der Waals surface area contributed by atoms with Crippen LogP contribution < -0.4 is 20.3 Å². The third kappa shape index (κ3) is 6.56. The Morgan fingerprint density at radius 3 is 2.19 bits per heavy atom. The molecule has 3 rings (SSSR count). The Balaban J connectivity index is 0.000000769. The van der Waals surface area contributed by atoms with Crippen molar-refractivity contribution in [1.82, 2.24) is 14.3 Å². The molecule has 32 heavy (non-hydrogen) atoms. The van der Waals surface area contributed by atoms with Gasteiger partial charge < -0.3 is 14.8 Å². The second-order valence-corrected chi connectivity index (χ2v) is 7.70. The molecule has 8 heteroatoms. The number of amides is 1. The molecule has 176 valence electrons. The van der Waals surface area contributed by atoms with E-state index in [1.54, 1.807) is 32.5 Å². The normalized spacial score (nSPS) is 10.9. The molecule has 2 heterocycles. The summed E-state index contributed by atoms with van der Waals surface area (Å²) in [6.07, 6.45) is 4.23. The number of fused-ring (bicyclic) bond motifs is 1. The first-order chi connectivity index (χ1) is 15.4. The Bertz CT molecular complexity index is 1030. The Labute approximate surface area is 194 Å². The lowest BCUT2D eigenvalue weighted by Crippen LogP contribution is -2.34. The number of carbonyl (C=O) groups excluding carboxylic acids is 1. The molecule has 0 radical (unpaired) electrons. The molecule has 3 aromatic rings. The first-order valence-electron chi connectivity index (χ1n) is 10.9. The summed E-state index contributed by atoms with van der Waals surface area (Å²) >= 11 is 1.02. The second kappa shape index (κ2) is 13.5. The first-order valence-corrected chi connectivity index (χ1v) is 11.7. The summed E-state index contributed by atoms with van der Waals surface area (Å²) in [5, 5.41) is 3.26. The van der Waals surface area contributed by atoms with Gasteiger partial charge in [0.05, 0.1) is 25.6 Å². The van der Waals surface area contributed by atoms with E-state index in [0.717, 1.165) is 26.6 Å². The molecule has 1 N–H and O–H groups in total. The van der Waals surface area contributed by atoms with E-state index < -0.39 is 6.03 Å². The highest BCUT2D eigenvalue weighted by Gasteiger charge is 2.19. The van der Waals surface area contributed by atoms with Crippen molar-refractivity contribution in [3.63, 3.8) is 0 Å². The number of hydrogen-bond acceptors (Lipinski definition) is 6. The van der Waals surface area contributed by atoms with Crippen molar-refractivity contribution in [2.45, 2.75) is 60.4 Å². The number of pyridine rings is 1. The van der Waals surface area contributed by atoms with Gasteiger partial charge in [-0.05, 0) is 55.2 Å². The zero-order valence-corrected chi connectivity index (χ0v) is 21.1. The van der Waals surface area contributed by atoms with Gasteiger partial charge >= 0.3 is 6.03 Å². The topological polar surface area (TPSA) is 82.5 Å². The Morgan fingerprint density at radius 1 is 1.16 bits per heavy atom. The first kappa shape index (κ1) is 27.2. The third-order valence-corrected chi connectivity index (χ3v) is 5.68.